The second-order valence-electron chi connectivity index (χ2n) is 5.75. The summed E-state index contributed by atoms with van der Waals surface area (Å²) >= 11 is 1.35. The average Bonchev–Trinajstić information content (AvgIpc) is 3.04. The Morgan fingerprint density at radius 1 is 1.12 bits per heavy atom. The van der Waals surface area contributed by atoms with Gasteiger partial charge in [-0.05, 0) is 29.5 Å². The van der Waals surface area contributed by atoms with Crippen molar-refractivity contribution < 1.29 is 23.7 Å². The van der Waals surface area contributed by atoms with E-state index >= 15 is 0 Å². The number of carbonyl (C=O) groups is 1. The summed E-state index contributed by atoms with van der Waals surface area (Å²) < 4.78 is 16.2. The van der Waals surface area contributed by atoms with Gasteiger partial charge in [0.2, 0.25) is 0 Å². The molecule has 0 radical (unpaired) electrons. The quantitative estimate of drug-likeness (QED) is 0.624. The van der Waals surface area contributed by atoms with E-state index in [-0.39, 0.29) is 5.91 Å². The Hall–Kier alpha value is -2.02. The van der Waals surface area contributed by atoms with Crippen LogP contribution >= 0.6 is 19.2 Å². The van der Waals surface area contributed by atoms with E-state index in [0.717, 1.165) is 15.6 Å². The molecule has 136 valence electrons. The highest BCUT2D eigenvalue weighted by Crippen LogP contribution is 2.26. The molecule has 3 rings (SSSR count). The van der Waals surface area contributed by atoms with Crippen LogP contribution in [0.1, 0.15) is 15.2 Å². The minimum atomic E-state index is -5.11. The fraction of sp³-hybridized carbons (Fsp3) is 0.167. The molecule has 1 atom stereocenters. The van der Waals surface area contributed by atoms with E-state index in [1.165, 1.54) is 11.3 Å². The molecule has 8 heteroatoms. The van der Waals surface area contributed by atoms with Gasteiger partial charge in [0.1, 0.15) is 0 Å². The topological polar surface area (TPSA) is 102 Å². The molecule has 0 aliphatic rings. The zero-order valence-electron chi connectivity index (χ0n) is 13.7. The fourth-order valence-corrected chi connectivity index (χ4v) is 3.91. The van der Waals surface area contributed by atoms with Crippen molar-refractivity contribution in [1.29, 1.82) is 0 Å². The molecule has 6 nitrogen and oxygen atoms in total. The van der Waals surface area contributed by atoms with Crippen molar-refractivity contribution in [3.63, 3.8) is 0 Å². The number of phosphoric ester groups is 1. The number of carbonyl (C=O) groups excluding carboxylic acids is 1. The smallest absolute Gasteiger partial charge is 0.261 e. The molecule has 0 saturated heterocycles. The van der Waals surface area contributed by atoms with Gasteiger partial charge in [0, 0.05) is 4.70 Å². The highest BCUT2D eigenvalue weighted by atomic mass is 32.1. The van der Waals surface area contributed by atoms with Gasteiger partial charge in [-0.25, -0.2) is 0 Å². The lowest BCUT2D eigenvalue weighted by atomic mass is 10.1. The van der Waals surface area contributed by atoms with Crippen molar-refractivity contribution in [3.05, 3.63) is 71.1 Å². The maximum atomic E-state index is 12.6. The lowest BCUT2D eigenvalue weighted by molar-refractivity contribution is -0.342. The number of nitrogens with one attached hydrogen (secondary N) is 1. The summed E-state index contributed by atoms with van der Waals surface area (Å²) in [7, 11) is -5.11. The molecule has 0 saturated carbocycles. The molecule has 0 aliphatic carbocycles. The summed E-state index contributed by atoms with van der Waals surface area (Å²) in [5, 5.41) is 3.72. The number of hydrogen-bond donors (Lipinski definition) is 1. The van der Waals surface area contributed by atoms with Crippen LogP contribution in [-0.4, -0.2) is 18.6 Å². The first-order valence-corrected chi connectivity index (χ1v) is 10.2. The lowest BCUT2D eigenvalue weighted by Crippen LogP contribution is -2.40. The molecule has 0 spiro atoms. The molecule has 0 bridgehead atoms. The SMILES string of the molecule is O=C(N[C@@H](COP(=O)([O-])[O-])Cc1ccccc1)c1cc2ccccc2s1. The Morgan fingerprint density at radius 2 is 1.81 bits per heavy atom. The van der Waals surface area contributed by atoms with Crippen LogP contribution in [0.3, 0.4) is 0 Å². The predicted octanol–water partition coefficient (Wildman–Crippen LogP) is 2.09. The molecule has 1 aromatic heterocycles. The van der Waals surface area contributed by atoms with E-state index in [9.17, 15) is 19.1 Å². The van der Waals surface area contributed by atoms with Crippen LogP contribution in [0.25, 0.3) is 10.1 Å². The van der Waals surface area contributed by atoms with E-state index in [2.05, 4.69) is 9.84 Å². The van der Waals surface area contributed by atoms with Crippen LogP contribution in [0.15, 0.2) is 60.7 Å². The molecule has 26 heavy (non-hydrogen) atoms. The highest BCUT2D eigenvalue weighted by Gasteiger charge is 2.17. The molecule has 1 N–H and O–H groups in total. The van der Waals surface area contributed by atoms with Gasteiger partial charge >= 0.3 is 0 Å². The van der Waals surface area contributed by atoms with Gasteiger partial charge in [0.25, 0.3) is 5.91 Å². The summed E-state index contributed by atoms with van der Waals surface area (Å²) in [5.41, 5.74) is 0.893. The normalized spacial score (nSPS) is 12.8. The number of hydrogen-bond acceptors (Lipinski definition) is 6. The maximum Gasteiger partial charge on any atom is 0.261 e. The van der Waals surface area contributed by atoms with Crippen molar-refractivity contribution in [1.82, 2.24) is 5.32 Å². The number of amides is 1. The summed E-state index contributed by atoms with van der Waals surface area (Å²) in [6.07, 6.45) is 0.345. The summed E-state index contributed by atoms with van der Waals surface area (Å²) in [4.78, 5) is 34.7. The van der Waals surface area contributed by atoms with Crippen LogP contribution in [0.4, 0.5) is 0 Å². The Bertz CT molecular complexity index is 904. The first-order valence-electron chi connectivity index (χ1n) is 7.91. The summed E-state index contributed by atoms with van der Waals surface area (Å²) in [6.45, 7) is -0.407. The molecule has 0 aliphatic heterocycles. The zero-order valence-corrected chi connectivity index (χ0v) is 15.4. The van der Waals surface area contributed by atoms with Crippen LogP contribution in [0, 0.1) is 0 Å². The van der Waals surface area contributed by atoms with Crippen molar-refractivity contribution in [3.8, 4) is 0 Å². The monoisotopic (exact) mass is 389 g/mol. The van der Waals surface area contributed by atoms with E-state index in [1.807, 2.05) is 54.6 Å². The second-order valence-corrected chi connectivity index (χ2v) is 7.99. The number of phosphoric acid groups is 1. The highest BCUT2D eigenvalue weighted by molar-refractivity contribution is 7.43. The van der Waals surface area contributed by atoms with Crippen molar-refractivity contribution >= 4 is 35.2 Å². The van der Waals surface area contributed by atoms with E-state index in [4.69, 9.17) is 0 Å². The van der Waals surface area contributed by atoms with Gasteiger partial charge in [0.05, 0.1) is 25.3 Å². The van der Waals surface area contributed by atoms with E-state index < -0.39 is 20.5 Å². The summed E-state index contributed by atoms with van der Waals surface area (Å²) in [6, 6.07) is 18.0. The number of thiophene rings is 1. The third kappa shape index (κ3) is 5.24. The molecule has 0 fully saturated rings. The number of benzene rings is 2. The van der Waals surface area contributed by atoms with E-state index in [0.29, 0.717) is 11.3 Å². The van der Waals surface area contributed by atoms with Crippen LogP contribution in [0.2, 0.25) is 0 Å². The van der Waals surface area contributed by atoms with Crippen LogP contribution in [-0.2, 0) is 15.5 Å². The standard InChI is InChI=1S/C18H18NO5PS/c20-18(17-11-14-8-4-5-9-16(14)26-17)19-15(12-24-25(21,22)23)10-13-6-2-1-3-7-13/h1-9,11,15H,10,12H2,(H,19,20)(H2,21,22,23)/p-2/t15-/m1/s1. The lowest BCUT2D eigenvalue weighted by Gasteiger charge is -2.31. The van der Waals surface area contributed by atoms with Gasteiger partial charge in [-0.1, -0.05) is 48.5 Å². The molecule has 0 unspecified atom stereocenters. The van der Waals surface area contributed by atoms with Gasteiger partial charge in [-0.2, -0.15) is 0 Å². The largest absolute Gasteiger partial charge is 0.790 e. The Morgan fingerprint density at radius 3 is 2.50 bits per heavy atom. The first kappa shape index (κ1) is 18.8. The van der Waals surface area contributed by atoms with Crippen LogP contribution < -0.4 is 15.1 Å². The third-order valence-electron chi connectivity index (χ3n) is 3.74. The number of rotatable bonds is 7. The first-order chi connectivity index (χ1) is 12.4. The fourth-order valence-electron chi connectivity index (χ4n) is 2.58. The minimum absolute atomic E-state index is 0.331. The van der Waals surface area contributed by atoms with Crippen molar-refractivity contribution in [2.45, 2.75) is 12.5 Å². The van der Waals surface area contributed by atoms with Crippen LogP contribution in [0.5, 0.6) is 0 Å². The Kier molecular flexibility index (Phi) is 5.86. The summed E-state index contributed by atoms with van der Waals surface area (Å²) in [5.74, 6) is -0.331. The Labute approximate surface area is 154 Å². The second kappa shape index (κ2) is 8.12. The third-order valence-corrected chi connectivity index (χ3v) is 5.32. The van der Waals surface area contributed by atoms with Crippen molar-refractivity contribution in [2.75, 3.05) is 6.61 Å². The molecule has 1 heterocycles. The van der Waals surface area contributed by atoms with Gasteiger partial charge in [-0.3, -0.25) is 4.79 Å². The maximum absolute atomic E-state index is 12.6. The molecular formula is C18H16NO5PS-2. The molecule has 1 amide bonds. The molecular weight excluding hydrogens is 373 g/mol. The number of fused-ring (bicyclic) bond motifs is 1. The van der Waals surface area contributed by atoms with E-state index in [1.54, 1.807) is 6.07 Å². The molecule has 2 aromatic carbocycles. The Balaban J connectivity index is 1.74. The van der Waals surface area contributed by atoms with Gasteiger partial charge in [-0.15, -0.1) is 11.3 Å². The predicted molar refractivity (Wildman–Crippen MR) is 96.8 cm³/mol. The zero-order chi connectivity index (χ0) is 18.6. The van der Waals surface area contributed by atoms with Gasteiger partial charge in [0.15, 0.2) is 0 Å². The molecule has 3 aromatic rings. The average molecular weight is 389 g/mol. The van der Waals surface area contributed by atoms with Gasteiger partial charge < -0.3 is 24.2 Å². The van der Waals surface area contributed by atoms with Crippen molar-refractivity contribution in [2.24, 2.45) is 0 Å². The minimum Gasteiger partial charge on any atom is -0.790 e.